The van der Waals surface area contributed by atoms with Gasteiger partial charge in [0.1, 0.15) is 5.82 Å². The van der Waals surface area contributed by atoms with Crippen LogP contribution in [0.15, 0.2) is 48.5 Å². The third-order valence-corrected chi connectivity index (χ3v) is 3.91. The molecular weight excluding hydrogens is 317 g/mol. The van der Waals surface area contributed by atoms with E-state index in [1.54, 1.807) is 6.92 Å². The second-order valence-electron chi connectivity index (χ2n) is 5.50. The van der Waals surface area contributed by atoms with Crippen molar-refractivity contribution in [2.75, 3.05) is 6.54 Å². The highest BCUT2D eigenvalue weighted by atomic mass is 35.5. The summed E-state index contributed by atoms with van der Waals surface area (Å²) in [6.45, 7) is 1.99. The van der Waals surface area contributed by atoms with Crippen LogP contribution < -0.4 is 5.32 Å². The first-order valence-corrected chi connectivity index (χ1v) is 7.82. The van der Waals surface area contributed by atoms with Gasteiger partial charge in [0.05, 0.1) is 16.7 Å². The Morgan fingerprint density at radius 1 is 1.22 bits per heavy atom. The molecule has 23 heavy (non-hydrogen) atoms. The van der Waals surface area contributed by atoms with Gasteiger partial charge in [0.2, 0.25) is 0 Å². The fraction of sp³-hybridized carbons (Fsp3) is 0.278. The first-order chi connectivity index (χ1) is 11.0. The summed E-state index contributed by atoms with van der Waals surface area (Å²) in [5.74, 6) is -1.27. The smallest absolute Gasteiger partial charge is 0.255 e. The molecule has 2 rings (SSSR count). The lowest BCUT2D eigenvalue weighted by Crippen LogP contribution is -2.30. The van der Waals surface area contributed by atoms with E-state index in [4.69, 9.17) is 11.6 Å². The Morgan fingerprint density at radius 2 is 1.91 bits per heavy atom. The van der Waals surface area contributed by atoms with Crippen molar-refractivity contribution < 1.29 is 14.3 Å². The molecule has 0 aromatic heterocycles. The Labute approximate surface area is 140 Å². The van der Waals surface area contributed by atoms with Crippen LogP contribution in [0.4, 0.5) is 4.39 Å². The first-order valence-electron chi connectivity index (χ1n) is 7.44. The number of carbonyl (C=O) groups excluding carboxylic acids is 1. The number of amides is 1. The minimum Gasteiger partial charge on any atom is -0.393 e. The van der Waals surface area contributed by atoms with Gasteiger partial charge in [-0.1, -0.05) is 48.0 Å². The van der Waals surface area contributed by atoms with Crippen LogP contribution in [0.3, 0.4) is 0 Å². The lowest BCUT2D eigenvalue weighted by molar-refractivity contribution is 0.0941. The molecule has 0 fully saturated rings. The predicted molar refractivity (Wildman–Crippen MR) is 89.2 cm³/mol. The van der Waals surface area contributed by atoms with Crippen molar-refractivity contribution in [2.24, 2.45) is 0 Å². The lowest BCUT2D eigenvalue weighted by Gasteiger charge is -2.20. The number of aliphatic hydroxyl groups excluding tert-OH is 1. The molecule has 0 aliphatic carbocycles. The average Bonchev–Trinajstić information content (AvgIpc) is 2.51. The minimum absolute atomic E-state index is 0.0642. The molecule has 0 aliphatic heterocycles. The summed E-state index contributed by atoms with van der Waals surface area (Å²) in [6, 6.07) is 13.7. The van der Waals surface area contributed by atoms with Crippen molar-refractivity contribution in [3.8, 4) is 0 Å². The standard InChI is InChI=1S/C18H19ClFNO2/c1-12(22)10-14(13-6-3-2-4-7-13)11-21-18(23)17-15(19)8-5-9-16(17)20/h2-9,12,14,22H,10-11H2,1H3,(H,21,23)/t12-,14+/m1/s1. The number of aliphatic hydroxyl groups is 1. The SMILES string of the molecule is C[C@@H](O)C[C@@H](CNC(=O)c1c(F)cccc1Cl)c1ccccc1. The van der Waals surface area contributed by atoms with Crippen LogP contribution in [0.25, 0.3) is 0 Å². The van der Waals surface area contributed by atoms with Crippen molar-refractivity contribution in [1.82, 2.24) is 5.32 Å². The Hall–Kier alpha value is -1.91. The molecule has 2 N–H and O–H groups in total. The Bertz CT molecular complexity index is 641. The maximum atomic E-state index is 13.8. The van der Waals surface area contributed by atoms with Gasteiger partial charge in [0, 0.05) is 12.5 Å². The average molecular weight is 336 g/mol. The maximum Gasteiger partial charge on any atom is 0.255 e. The Morgan fingerprint density at radius 3 is 2.52 bits per heavy atom. The van der Waals surface area contributed by atoms with Gasteiger partial charge < -0.3 is 10.4 Å². The molecule has 0 saturated heterocycles. The Balaban J connectivity index is 2.11. The van der Waals surface area contributed by atoms with Gasteiger partial charge in [0.15, 0.2) is 0 Å². The van der Waals surface area contributed by atoms with Gasteiger partial charge in [-0.15, -0.1) is 0 Å². The number of benzene rings is 2. The second-order valence-corrected chi connectivity index (χ2v) is 5.91. The van der Waals surface area contributed by atoms with Crippen LogP contribution in [0.5, 0.6) is 0 Å². The van der Waals surface area contributed by atoms with E-state index in [1.165, 1.54) is 18.2 Å². The molecular formula is C18H19ClFNO2. The zero-order chi connectivity index (χ0) is 16.8. The zero-order valence-corrected chi connectivity index (χ0v) is 13.6. The molecule has 0 saturated carbocycles. The van der Waals surface area contributed by atoms with E-state index in [0.717, 1.165) is 5.56 Å². The van der Waals surface area contributed by atoms with Crippen LogP contribution in [0.1, 0.15) is 35.2 Å². The summed E-state index contributed by atoms with van der Waals surface area (Å²) in [6.07, 6.45) is -0.0101. The van der Waals surface area contributed by atoms with Gasteiger partial charge in [-0.2, -0.15) is 0 Å². The van der Waals surface area contributed by atoms with Crippen molar-refractivity contribution in [1.29, 1.82) is 0 Å². The normalized spacial score (nSPS) is 13.4. The molecule has 0 heterocycles. The highest BCUT2D eigenvalue weighted by Crippen LogP contribution is 2.22. The van der Waals surface area contributed by atoms with Gasteiger partial charge >= 0.3 is 0 Å². The lowest BCUT2D eigenvalue weighted by atomic mass is 9.93. The number of rotatable bonds is 6. The number of carbonyl (C=O) groups is 1. The molecule has 122 valence electrons. The fourth-order valence-electron chi connectivity index (χ4n) is 2.49. The molecule has 2 aromatic carbocycles. The molecule has 0 bridgehead atoms. The number of hydrogen-bond donors (Lipinski definition) is 2. The van der Waals surface area contributed by atoms with Gasteiger partial charge in [0.25, 0.3) is 5.91 Å². The summed E-state index contributed by atoms with van der Waals surface area (Å²) < 4.78 is 13.8. The summed E-state index contributed by atoms with van der Waals surface area (Å²) in [4.78, 5) is 12.2. The van der Waals surface area contributed by atoms with Gasteiger partial charge in [-0.3, -0.25) is 4.79 Å². The molecule has 0 radical (unpaired) electrons. The third-order valence-electron chi connectivity index (χ3n) is 3.60. The molecule has 5 heteroatoms. The number of halogens is 2. The molecule has 0 spiro atoms. The van der Waals surface area contributed by atoms with E-state index >= 15 is 0 Å². The Kier molecular flexibility index (Phi) is 6.13. The van der Waals surface area contributed by atoms with Crippen LogP contribution >= 0.6 is 11.6 Å². The summed E-state index contributed by atoms with van der Waals surface area (Å²) in [5.41, 5.74) is 0.853. The third kappa shape index (κ3) is 4.78. The van der Waals surface area contributed by atoms with Crippen LogP contribution in [-0.4, -0.2) is 23.7 Å². The molecule has 2 aromatic rings. The van der Waals surface area contributed by atoms with Crippen molar-refractivity contribution in [2.45, 2.75) is 25.4 Å². The molecule has 2 atom stereocenters. The highest BCUT2D eigenvalue weighted by molar-refractivity contribution is 6.33. The predicted octanol–water partition coefficient (Wildman–Crippen LogP) is 3.76. The van der Waals surface area contributed by atoms with Gasteiger partial charge in [-0.05, 0) is 31.0 Å². The second kappa shape index (κ2) is 8.09. The van der Waals surface area contributed by atoms with Crippen LogP contribution in [-0.2, 0) is 0 Å². The van der Waals surface area contributed by atoms with E-state index in [0.29, 0.717) is 13.0 Å². The molecule has 0 unspecified atom stereocenters. The number of nitrogens with one attached hydrogen (secondary N) is 1. The topological polar surface area (TPSA) is 49.3 Å². The summed E-state index contributed by atoms with van der Waals surface area (Å²) >= 11 is 5.90. The summed E-state index contributed by atoms with van der Waals surface area (Å²) in [5, 5.41) is 12.4. The number of hydrogen-bond acceptors (Lipinski definition) is 2. The van der Waals surface area contributed by atoms with E-state index in [-0.39, 0.29) is 16.5 Å². The van der Waals surface area contributed by atoms with Crippen LogP contribution in [0, 0.1) is 5.82 Å². The quantitative estimate of drug-likeness (QED) is 0.844. The van der Waals surface area contributed by atoms with Crippen molar-refractivity contribution in [3.05, 3.63) is 70.5 Å². The minimum atomic E-state index is -0.651. The zero-order valence-electron chi connectivity index (χ0n) is 12.8. The molecule has 0 aliphatic rings. The maximum absolute atomic E-state index is 13.8. The van der Waals surface area contributed by atoms with Crippen molar-refractivity contribution in [3.63, 3.8) is 0 Å². The molecule has 1 amide bonds. The van der Waals surface area contributed by atoms with E-state index in [9.17, 15) is 14.3 Å². The van der Waals surface area contributed by atoms with Crippen LogP contribution in [0.2, 0.25) is 5.02 Å². The van der Waals surface area contributed by atoms with Gasteiger partial charge in [-0.25, -0.2) is 4.39 Å². The first kappa shape index (κ1) is 17.4. The monoisotopic (exact) mass is 335 g/mol. The van der Waals surface area contributed by atoms with E-state index < -0.39 is 17.8 Å². The largest absolute Gasteiger partial charge is 0.393 e. The molecule has 3 nitrogen and oxygen atoms in total. The van der Waals surface area contributed by atoms with E-state index in [2.05, 4.69) is 5.32 Å². The van der Waals surface area contributed by atoms with E-state index in [1.807, 2.05) is 30.3 Å². The highest BCUT2D eigenvalue weighted by Gasteiger charge is 2.19. The van der Waals surface area contributed by atoms with Crippen molar-refractivity contribution >= 4 is 17.5 Å². The summed E-state index contributed by atoms with van der Waals surface area (Å²) in [7, 11) is 0. The fourth-order valence-corrected chi connectivity index (χ4v) is 2.74.